The van der Waals surface area contributed by atoms with Crippen LogP contribution in [0.15, 0.2) is 24.3 Å². The lowest BCUT2D eigenvalue weighted by atomic mass is 10.1. The van der Waals surface area contributed by atoms with E-state index in [1.54, 1.807) is 0 Å². The molecule has 2 nitrogen and oxygen atoms in total. The van der Waals surface area contributed by atoms with Gasteiger partial charge in [-0.3, -0.25) is 4.79 Å². The average Bonchev–Trinajstić information content (AvgIpc) is 2.36. The quantitative estimate of drug-likeness (QED) is 0.537. The van der Waals surface area contributed by atoms with Gasteiger partial charge in [-0.25, -0.2) is 0 Å². The first kappa shape index (κ1) is 16.3. The van der Waals surface area contributed by atoms with E-state index in [-0.39, 0.29) is 11.9 Å². The van der Waals surface area contributed by atoms with Gasteiger partial charge in [-0.05, 0) is 44.4 Å². The summed E-state index contributed by atoms with van der Waals surface area (Å²) in [4.78, 5) is 14.1. The van der Waals surface area contributed by atoms with Gasteiger partial charge in [0.25, 0.3) is 0 Å². The topological polar surface area (TPSA) is 20.3 Å². The van der Waals surface area contributed by atoms with E-state index in [4.69, 9.17) is 23.2 Å². The van der Waals surface area contributed by atoms with E-state index in [0.29, 0.717) is 23.9 Å². The summed E-state index contributed by atoms with van der Waals surface area (Å²) in [6.07, 6.45) is 2.29. The summed E-state index contributed by atoms with van der Waals surface area (Å²) in [6.45, 7) is 4.67. The number of carbonyl (C=O) groups is 1. The van der Waals surface area contributed by atoms with Gasteiger partial charge in [0.05, 0.1) is 0 Å². The predicted molar refractivity (Wildman–Crippen MR) is 81.7 cm³/mol. The van der Waals surface area contributed by atoms with Gasteiger partial charge in [0, 0.05) is 29.9 Å². The third kappa shape index (κ3) is 5.84. The normalized spacial score (nSPS) is 10.8. The fraction of sp³-hybridized carbons (Fsp3) is 0.533. The number of unbranched alkanes of at least 4 members (excludes halogenated alkanes) is 1. The number of benzene rings is 1. The Morgan fingerprint density at radius 1 is 1.32 bits per heavy atom. The molecule has 0 bridgehead atoms. The van der Waals surface area contributed by atoms with E-state index >= 15 is 0 Å². The molecule has 1 aromatic rings. The highest BCUT2D eigenvalue weighted by atomic mass is 35.5. The van der Waals surface area contributed by atoms with E-state index in [2.05, 4.69) is 0 Å². The zero-order valence-corrected chi connectivity index (χ0v) is 13.0. The molecule has 0 saturated heterocycles. The van der Waals surface area contributed by atoms with Crippen LogP contribution >= 0.6 is 23.2 Å². The summed E-state index contributed by atoms with van der Waals surface area (Å²) in [7, 11) is 0. The van der Waals surface area contributed by atoms with Crippen molar-refractivity contribution in [1.29, 1.82) is 0 Å². The largest absolute Gasteiger partial charge is 0.336 e. The fourth-order valence-corrected chi connectivity index (χ4v) is 2.31. The number of amides is 1. The SMILES string of the molecule is CC(C)N(Cc1cccc(Cl)c1)C(=O)CCCCCl. The summed E-state index contributed by atoms with van der Waals surface area (Å²) >= 11 is 11.6. The standard InChI is InChI=1S/C15H21Cl2NO/c1-12(2)18(15(19)8-3-4-9-16)11-13-6-5-7-14(17)10-13/h5-7,10,12H,3-4,8-9,11H2,1-2H3. The maximum absolute atomic E-state index is 12.2. The molecule has 0 unspecified atom stereocenters. The van der Waals surface area contributed by atoms with E-state index in [1.165, 1.54) is 0 Å². The van der Waals surface area contributed by atoms with Crippen molar-refractivity contribution >= 4 is 29.1 Å². The molecule has 0 aliphatic heterocycles. The van der Waals surface area contributed by atoms with Crippen LogP contribution in [-0.2, 0) is 11.3 Å². The molecule has 0 heterocycles. The van der Waals surface area contributed by atoms with Crippen LogP contribution in [0, 0.1) is 0 Å². The van der Waals surface area contributed by atoms with Crippen molar-refractivity contribution in [3.63, 3.8) is 0 Å². The molecule has 0 N–H and O–H groups in total. The van der Waals surface area contributed by atoms with Crippen molar-refractivity contribution in [2.45, 2.75) is 45.7 Å². The van der Waals surface area contributed by atoms with Crippen molar-refractivity contribution in [1.82, 2.24) is 4.90 Å². The van der Waals surface area contributed by atoms with E-state index in [0.717, 1.165) is 18.4 Å². The Labute approximate surface area is 125 Å². The van der Waals surface area contributed by atoms with Crippen molar-refractivity contribution in [2.75, 3.05) is 5.88 Å². The molecule has 1 amide bonds. The van der Waals surface area contributed by atoms with Crippen LogP contribution in [0.1, 0.15) is 38.7 Å². The number of rotatable bonds is 7. The Hall–Kier alpha value is -0.730. The van der Waals surface area contributed by atoms with E-state index in [9.17, 15) is 4.79 Å². The molecule has 0 spiro atoms. The van der Waals surface area contributed by atoms with Crippen LogP contribution < -0.4 is 0 Å². The van der Waals surface area contributed by atoms with Gasteiger partial charge in [0.2, 0.25) is 5.91 Å². The summed E-state index contributed by atoms with van der Waals surface area (Å²) in [5.41, 5.74) is 1.06. The van der Waals surface area contributed by atoms with Crippen LogP contribution in [0.5, 0.6) is 0 Å². The minimum absolute atomic E-state index is 0.181. The second-order valence-electron chi connectivity index (χ2n) is 4.89. The Kier molecular flexibility index (Phi) is 7.25. The first-order valence-corrected chi connectivity index (χ1v) is 7.55. The number of halogens is 2. The smallest absolute Gasteiger partial charge is 0.223 e. The first-order valence-electron chi connectivity index (χ1n) is 6.64. The summed E-state index contributed by atoms with van der Waals surface area (Å²) in [6, 6.07) is 7.83. The Bertz CT molecular complexity index is 407. The Morgan fingerprint density at radius 2 is 2.05 bits per heavy atom. The first-order chi connectivity index (χ1) is 9.04. The van der Waals surface area contributed by atoms with Crippen LogP contribution in [-0.4, -0.2) is 22.7 Å². The lowest BCUT2D eigenvalue weighted by Gasteiger charge is -2.27. The highest BCUT2D eigenvalue weighted by Gasteiger charge is 2.16. The summed E-state index contributed by atoms with van der Waals surface area (Å²) < 4.78 is 0. The van der Waals surface area contributed by atoms with Gasteiger partial charge in [-0.2, -0.15) is 0 Å². The molecule has 106 valence electrons. The highest BCUT2D eigenvalue weighted by Crippen LogP contribution is 2.15. The molecule has 0 radical (unpaired) electrons. The van der Waals surface area contributed by atoms with Crippen LogP contribution in [0.25, 0.3) is 0 Å². The molecule has 0 atom stereocenters. The molecular formula is C15H21Cl2NO. The molecule has 1 rings (SSSR count). The maximum atomic E-state index is 12.2. The van der Waals surface area contributed by atoms with Gasteiger partial charge in [0.1, 0.15) is 0 Å². The molecule has 0 fully saturated rings. The number of hydrogen-bond acceptors (Lipinski definition) is 1. The second-order valence-corrected chi connectivity index (χ2v) is 5.71. The Morgan fingerprint density at radius 3 is 2.63 bits per heavy atom. The van der Waals surface area contributed by atoms with Crippen molar-refractivity contribution in [2.24, 2.45) is 0 Å². The number of hydrogen-bond donors (Lipinski definition) is 0. The lowest BCUT2D eigenvalue weighted by molar-refractivity contribution is -0.133. The maximum Gasteiger partial charge on any atom is 0.223 e. The van der Waals surface area contributed by atoms with Gasteiger partial charge in [0.15, 0.2) is 0 Å². The monoisotopic (exact) mass is 301 g/mol. The van der Waals surface area contributed by atoms with Crippen molar-refractivity contribution in [3.8, 4) is 0 Å². The predicted octanol–water partition coefficient (Wildman–Crippen LogP) is 4.49. The fourth-order valence-electron chi connectivity index (χ4n) is 1.91. The number of nitrogens with zero attached hydrogens (tertiary/aromatic N) is 1. The van der Waals surface area contributed by atoms with Gasteiger partial charge in [-0.15, -0.1) is 11.6 Å². The average molecular weight is 302 g/mol. The number of alkyl halides is 1. The zero-order chi connectivity index (χ0) is 14.3. The van der Waals surface area contributed by atoms with Crippen LogP contribution in [0.4, 0.5) is 0 Å². The lowest BCUT2D eigenvalue weighted by Crippen LogP contribution is -2.36. The van der Waals surface area contributed by atoms with Crippen molar-refractivity contribution < 1.29 is 4.79 Å². The molecule has 0 aliphatic rings. The number of carbonyl (C=O) groups excluding carboxylic acids is 1. The molecule has 0 saturated carbocycles. The summed E-state index contributed by atoms with van der Waals surface area (Å²) in [5.74, 6) is 0.795. The molecule has 4 heteroatoms. The van der Waals surface area contributed by atoms with Crippen LogP contribution in [0.2, 0.25) is 5.02 Å². The molecular weight excluding hydrogens is 281 g/mol. The third-order valence-corrected chi connectivity index (χ3v) is 3.46. The van der Waals surface area contributed by atoms with Gasteiger partial charge >= 0.3 is 0 Å². The van der Waals surface area contributed by atoms with Gasteiger partial charge < -0.3 is 4.90 Å². The highest BCUT2D eigenvalue weighted by molar-refractivity contribution is 6.30. The minimum atomic E-state index is 0.181. The van der Waals surface area contributed by atoms with Gasteiger partial charge in [-0.1, -0.05) is 23.7 Å². The molecule has 1 aromatic carbocycles. The van der Waals surface area contributed by atoms with Crippen LogP contribution in [0.3, 0.4) is 0 Å². The van der Waals surface area contributed by atoms with E-state index < -0.39 is 0 Å². The summed E-state index contributed by atoms with van der Waals surface area (Å²) in [5, 5.41) is 0.704. The van der Waals surface area contributed by atoms with Crippen molar-refractivity contribution in [3.05, 3.63) is 34.9 Å². The zero-order valence-electron chi connectivity index (χ0n) is 11.5. The molecule has 0 aliphatic carbocycles. The second kappa shape index (κ2) is 8.44. The van der Waals surface area contributed by atoms with E-state index in [1.807, 2.05) is 43.0 Å². The molecule has 0 aromatic heterocycles. The third-order valence-electron chi connectivity index (χ3n) is 2.96. The Balaban J connectivity index is 2.64. The molecule has 19 heavy (non-hydrogen) atoms. The minimum Gasteiger partial charge on any atom is -0.336 e.